The van der Waals surface area contributed by atoms with Crippen molar-refractivity contribution in [3.05, 3.63) is 36.0 Å². The van der Waals surface area contributed by atoms with Crippen molar-refractivity contribution in [3.63, 3.8) is 0 Å². The van der Waals surface area contributed by atoms with Gasteiger partial charge in [-0.1, -0.05) is 18.2 Å². The summed E-state index contributed by atoms with van der Waals surface area (Å²) in [6, 6.07) is 7.33. The van der Waals surface area contributed by atoms with Crippen LogP contribution in [0.1, 0.15) is 18.4 Å². The minimum atomic E-state index is -0.693. The van der Waals surface area contributed by atoms with Crippen LogP contribution in [0.25, 0.3) is 10.9 Å². The van der Waals surface area contributed by atoms with Gasteiger partial charge in [-0.25, -0.2) is 0 Å². The van der Waals surface area contributed by atoms with Gasteiger partial charge < -0.3 is 20.8 Å². The van der Waals surface area contributed by atoms with Gasteiger partial charge in [-0.05, 0) is 24.5 Å². The highest BCUT2D eigenvalue weighted by Gasteiger charge is 2.15. The number of hydrogen-bond donors (Lipinski definition) is 3. The topological polar surface area (TPSA) is 97.2 Å². The molecule has 4 N–H and O–H groups in total. The summed E-state index contributed by atoms with van der Waals surface area (Å²) in [6.45, 7) is 0.507. The maximum Gasteiger partial charge on any atom is 0.305 e. The summed E-state index contributed by atoms with van der Waals surface area (Å²) in [6.07, 6.45) is 3.10. The molecule has 0 radical (unpaired) electrons. The summed E-state index contributed by atoms with van der Waals surface area (Å²) < 4.78 is 4.52. The number of methoxy groups -OCH3 is 1. The number of carbonyl (C=O) groups is 2. The Balaban J connectivity index is 1.78. The van der Waals surface area contributed by atoms with Gasteiger partial charge in [0.15, 0.2) is 0 Å². The van der Waals surface area contributed by atoms with E-state index in [1.807, 2.05) is 30.5 Å². The molecular formula is C16H21N3O3. The highest BCUT2D eigenvalue weighted by Crippen LogP contribution is 2.17. The number of carbonyl (C=O) groups excluding carboxylic acids is 2. The SMILES string of the molecule is COC(=O)CC[C@H](N)C(=O)NCCc1c[nH]c2ccccc12. The maximum atomic E-state index is 11.8. The molecule has 1 amide bonds. The standard InChI is InChI=1S/C16H21N3O3/c1-22-15(20)7-6-13(17)16(21)18-9-8-11-10-19-14-5-3-2-4-12(11)14/h2-5,10,13,19H,6-9,17H2,1H3,(H,18,21)/t13-/m0/s1. The number of para-hydroxylation sites is 1. The second-order valence-corrected chi connectivity index (χ2v) is 5.12. The zero-order valence-electron chi connectivity index (χ0n) is 12.6. The fourth-order valence-corrected chi connectivity index (χ4v) is 2.30. The number of H-pyrrole nitrogens is 1. The maximum absolute atomic E-state index is 11.8. The second-order valence-electron chi connectivity index (χ2n) is 5.12. The van der Waals surface area contributed by atoms with Gasteiger partial charge in [-0.15, -0.1) is 0 Å². The molecule has 0 saturated carbocycles. The number of benzene rings is 1. The lowest BCUT2D eigenvalue weighted by molar-refractivity contribution is -0.140. The van der Waals surface area contributed by atoms with Crippen LogP contribution in [0.3, 0.4) is 0 Å². The van der Waals surface area contributed by atoms with Crippen LogP contribution in [0.2, 0.25) is 0 Å². The number of esters is 1. The van der Waals surface area contributed by atoms with Crippen LogP contribution >= 0.6 is 0 Å². The molecule has 2 rings (SSSR count). The molecule has 0 spiro atoms. The number of nitrogens with one attached hydrogen (secondary N) is 2. The summed E-state index contributed by atoms with van der Waals surface area (Å²) in [5.74, 6) is -0.606. The number of ether oxygens (including phenoxy) is 1. The first kappa shape index (κ1) is 16.0. The Morgan fingerprint density at radius 1 is 1.36 bits per heavy atom. The first-order valence-electron chi connectivity index (χ1n) is 7.27. The summed E-state index contributed by atoms with van der Waals surface area (Å²) in [4.78, 5) is 26.1. The molecule has 0 unspecified atom stereocenters. The quantitative estimate of drug-likeness (QED) is 0.667. The van der Waals surface area contributed by atoms with Crippen molar-refractivity contribution in [2.75, 3.05) is 13.7 Å². The van der Waals surface area contributed by atoms with Crippen LogP contribution in [-0.4, -0.2) is 36.6 Å². The van der Waals surface area contributed by atoms with E-state index in [9.17, 15) is 9.59 Å². The monoisotopic (exact) mass is 303 g/mol. The predicted octanol–water partition coefficient (Wildman–Crippen LogP) is 1.11. The van der Waals surface area contributed by atoms with Gasteiger partial charge in [-0.2, -0.15) is 0 Å². The average Bonchev–Trinajstić information content (AvgIpc) is 2.95. The number of aromatic amines is 1. The molecule has 0 aliphatic carbocycles. The van der Waals surface area contributed by atoms with Gasteiger partial charge in [0.2, 0.25) is 5.91 Å². The van der Waals surface area contributed by atoms with Gasteiger partial charge in [0.05, 0.1) is 13.2 Å². The molecule has 1 aromatic heterocycles. The van der Waals surface area contributed by atoms with E-state index in [1.165, 1.54) is 7.11 Å². The van der Waals surface area contributed by atoms with E-state index in [2.05, 4.69) is 15.0 Å². The van der Waals surface area contributed by atoms with Crippen molar-refractivity contribution in [1.82, 2.24) is 10.3 Å². The van der Waals surface area contributed by atoms with Crippen LogP contribution in [0.5, 0.6) is 0 Å². The zero-order valence-corrected chi connectivity index (χ0v) is 12.6. The third-order valence-corrected chi connectivity index (χ3v) is 3.59. The number of aromatic nitrogens is 1. The molecule has 22 heavy (non-hydrogen) atoms. The normalized spacial score (nSPS) is 12.1. The van der Waals surface area contributed by atoms with Crippen molar-refractivity contribution in [1.29, 1.82) is 0 Å². The summed E-state index contributed by atoms with van der Waals surface area (Å²) in [7, 11) is 1.31. The van der Waals surface area contributed by atoms with Crippen LogP contribution in [0, 0.1) is 0 Å². The summed E-state index contributed by atoms with van der Waals surface area (Å²) in [5, 5.41) is 3.96. The molecule has 6 nitrogen and oxygen atoms in total. The molecule has 118 valence electrons. The number of nitrogens with two attached hydrogens (primary N) is 1. The molecule has 0 bridgehead atoms. The van der Waals surface area contributed by atoms with Crippen molar-refractivity contribution in [3.8, 4) is 0 Å². The molecule has 0 aliphatic rings. The van der Waals surface area contributed by atoms with Crippen LogP contribution in [-0.2, 0) is 20.7 Å². The minimum Gasteiger partial charge on any atom is -0.469 e. The summed E-state index contributed by atoms with van der Waals surface area (Å²) in [5.41, 5.74) is 7.98. The Morgan fingerprint density at radius 2 is 2.14 bits per heavy atom. The molecule has 0 fully saturated rings. The Hall–Kier alpha value is -2.34. The lowest BCUT2D eigenvalue weighted by Gasteiger charge is -2.11. The number of hydrogen-bond acceptors (Lipinski definition) is 4. The highest BCUT2D eigenvalue weighted by atomic mass is 16.5. The lowest BCUT2D eigenvalue weighted by Crippen LogP contribution is -2.41. The fraction of sp³-hybridized carbons (Fsp3) is 0.375. The molecule has 0 aliphatic heterocycles. The number of fused-ring (bicyclic) bond motifs is 1. The Labute approximate surface area is 129 Å². The van der Waals surface area contributed by atoms with Crippen molar-refractivity contribution in [2.45, 2.75) is 25.3 Å². The Morgan fingerprint density at radius 3 is 2.91 bits per heavy atom. The van der Waals surface area contributed by atoms with Gasteiger partial charge >= 0.3 is 5.97 Å². The van der Waals surface area contributed by atoms with E-state index in [-0.39, 0.29) is 24.7 Å². The van der Waals surface area contributed by atoms with Crippen molar-refractivity contribution >= 4 is 22.8 Å². The van der Waals surface area contributed by atoms with Gasteiger partial charge in [-0.3, -0.25) is 9.59 Å². The van der Waals surface area contributed by atoms with E-state index in [0.29, 0.717) is 6.54 Å². The Kier molecular flexibility index (Phi) is 5.55. The van der Waals surface area contributed by atoms with E-state index in [4.69, 9.17) is 5.73 Å². The molecule has 0 saturated heterocycles. The second kappa shape index (κ2) is 7.61. The molecular weight excluding hydrogens is 282 g/mol. The van der Waals surface area contributed by atoms with Crippen LogP contribution < -0.4 is 11.1 Å². The van der Waals surface area contributed by atoms with E-state index in [1.54, 1.807) is 0 Å². The minimum absolute atomic E-state index is 0.146. The fourth-order valence-electron chi connectivity index (χ4n) is 2.30. The summed E-state index contributed by atoms with van der Waals surface area (Å²) >= 11 is 0. The van der Waals surface area contributed by atoms with Crippen LogP contribution in [0.4, 0.5) is 0 Å². The third-order valence-electron chi connectivity index (χ3n) is 3.59. The van der Waals surface area contributed by atoms with E-state index in [0.717, 1.165) is 22.9 Å². The number of amides is 1. The lowest BCUT2D eigenvalue weighted by atomic mass is 10.1. The van der Waals surface area contributed by atoms with Crippen molar-refractivity contribution < 1.29 is 14.3 Å². The predicted molar refractivity (Wildman–Crippen MR) is 84.2 cm³/mol. The van der Waals surface area contributed by atoms with E-state index < -0.39 is 6.04 Å². The molecule has 1 atom stereocenters. The molecule has 2 aromatic rings. The van der Waals surface area contributed by atoms with E-state index >= 15 is 0 Å². The van der Waals surface area contributed by atoms with Crippen molar-refractivity contribution in [2.24, 2.45) is 5.73 Å². The van der Waals surface area contributed by atoms with Gasteiger partial charge in [0, 0.05) is 30.1 Å². The Bertz CT molecular complexity index is 651. The smallest absolute Gasteiger partial charge is 0.305 e. The zero-order chi connectivity index (χ0) is 15.9. The first-order valence-corrected chi connectivity index (χ1v) is 7.27. The highest BCUT2D eigenvalue weighted by molar-refractivity contribution is 5.84. The number of rotatable bonds is 7. The third kappa shape index (κ3) is 4.08. The largest absolute Gasteiger partial charge is 0.469 e. The van der Waals surface area contributed by atoms with Crippen LogP contribution in [0.15, 0.2) is 30.5 Å². The first-order chi connectivity index (χ1) is 10.6. The van der Waals surface area contributed by atoms with Gasteiger partial charge in [0.1, 0.15) is 0 Å². The molecule has 1 heterocycles. The molecule has 1 aromatic carbocycles. The van der Waals surface area contributed by atoms with Gasteiger partial charge in [0.25, 0.3) is 0 Å². The average molecular weight is 303 g/mol. The molecule has 6 heteroatoms.